The number of carbonyl (C=O) groups excluding carboxylic acids is 1. The number of amides is 1. The van der Waals surface area contributed by atoms with Crippen molar-refractivity contribution in [2.24, 2.45) is 0 Å². The van der Waals surface area contributed by atoms with Crippen LogP contribution in [0.3, 0.4) is 0 Å². The molecule has 0 aliphatic carbocycles. The van der Waals surface area contributed by atoms with E-state index in [1.165, 1.54) is 16.4 Å². The van der Waals surface area contributed by atoms with E-state index in [9.17, 15) is 13.2 Å². The molecule has 2 rings (SSSR count). The molecule has 0 radical (unpaired) electrons. The summed E-state index contributed by atoms with van der Waals surface area (Å²) in [4.78, 5) is 12.7. The number of anilines is 1. The number of rotatable bonds is 8. The molecule has 0 spiro atoms. The van der Waals surface area contributed by atoms with Gasteiger partial charge in [0, 0.05) is 18.8 Å². The van der Waals surface area contributed by atoms with Gasteiger partial charge in [0.15, 0.2) is 5.11 Å². The van der Waals surface area contributed by atoms with E-state index in [-0.39, 0.29) is 10.0 Å². The van der Waals surface area contributed by atoms with Crippen LogP contribution in [0.25, 0.3) is 0 Å². The molecule has 0 atom stereocenters. The third kappa shape index (κ3) is 5.75. The zero-order valence-corrected chi connectivity index (χ0v) is 18.3. The summed E-state index contributed by atoms with van der Waals surface area (Å²) in [7, 11) is -3.52. The molecule has 2 aromatic carbocycles. The van der Waals surface area contributed by atoms with Crippen molar-refractivity contribution < 1.29 is 17.9 Å². The second-order valence-electron chi connectivity index (χ2n) is 5.95. The van der Waals surface area contributed by atoms with Crippen LogP contribution in [0.2, 0.25) is 0 Å². The minimum Gasteiger partial charge on any atom is -0.493 e. The van der Waals surface area contributed by atoms with E-state index < -0.39 is 15.9 Å². The van der Waals surface area contributed by atoms with E-state index in [0.717, 1.165) is 0 Å². The zero-order valence-electron chi connectivity index (χ0n) is 16.6. The molecule has 29 heavy (non-hydrogen) atoms. The van der Waals surface area contributed by atoms with Gasteiger partial charge in [0.25, 0.3) is 5.91 Å². The molecular formula is C20H25N3O4S2. The smallest absolute Gasteiger partial charge is 0.261 e. The number of para-hydroxylation sites is 1. The Hall–Kier alpha value is -2.49. The Morgan fingerprint density at radius 2 is 1.66 bits per heavy atom. The largest absolute Gasteiger partial charge is 0.493 e. The van der Waals surface area contributed by atoms with Gasteiger partial charge >= 0.3 is 0 Å². The quantitative estimate of drug-likeness (QED) is 0.619. The topological polar surface area (TPSA) is 87.7 Å². The minimum atomic E-state index is -3.52. The summed E-state index contributed by atoms with van der Waals surface area (Å²) in [6, 6.07) is 13.1. The van der Waals surface area contributed by atoms with E-state index in [2.05, 4.69) is 10.6 Å². The molecule has 1 amide bonds. The second-order valence-corrected chi connectivity index (χ2v) is 8.30. The van der Waals surface area contributed by atoms with Gasteiger partial charge in [-0.3, -0.25) is 10.1 Å². The van der Waals surface area contributed by atoms with E-state index in [1.54, 1.807) is 50.2 Å². The molecule has 9 heteroatoms. The highest BCUT2D eigenvalue weighted by atomic mass is 32.2. The molecule has 2 aromatic rings. The maximum atomic E-state index is 12.5. The van der Waals surface area contributed by atoms with Gasteiger partial charge in [0.1, 0.15) is 5.75 Å². The Bertz CT molecular complexity index is 956. The van der Waals surface area contributed by atoms with Gasteiger partial charge in [-0.15, -0.1) is 0 Å². The lowest BCUT2D eigenvalue weighted by atomic mass is 10.2. The van der Waals surface area contributed by atoms with Crippen LogP contribution in [0.5, 0.6) is 5.75 Å². The van der Waals surface area contributed by atoms with Crippen LogP contribution < -0.4 is 15.4 Å². The number of benzene rings is 2. The molecule has 0 aliphatic heterocycles. The summed E-state index contributed by atoms with van der Waals surface area (Å²) in [6.45, 7) is 6.67. The molecule has 0 aromatic heterocycles. The predicted octanol–water partition coefficient (Wildman–Crippen LogP) is 3.24. The maximum absolute atomic E-state index is 12.5. The highest BCUT2D eigenvalue weighted by Gasteiger charge is 2.21. The summed E-state index contributed by atoms with van der Waals surface area (Å²) in [5.74, 6) is 0.0774. The summed E-state index contributed by atoms with van der Waals surface area (Å²) < 4.78 is 31.9. The summed E-state index contributed by atoms with van der Waals surface area (Å²) in [5, 5.41) is 5.58. The Balaban J connectivity index is 2.06. The van der Waals surface area contributed by atoms with Crippen LogP contribution in [0.15, 0.2) is 53.4 Å². The van der Waals surface area contributed by atoms with Crippen molar-refractivity contribution in [2.45, 2.75) is 25.7 Å². The third-order valence-electron chi connectivity index (χ3n) is 4.11. The fourth-order valence-electron chi connectivity index (χ4n) is 2.69. The van der Waals surface area contributed by atoms with Crippen molar-refractivity contribution in [2.75, 3.05) is 25.0 Å². The van der Waals surface area contributed by atoms with Crippen LogP contribution in [0.4, 0.5) is 5.69 Å². The van der Waals surface area contributed by atoms with Gasteiger partial charge in [-0.2, -0.15) is 4.31 Å². The first-order chi connectivity index (χ1) is 13.8. The van der Waals surface area contributed by atoms with Gasteiger partial charge in [-0.1, -0.05) is 26.0 Å². The lowest BCUT2D eigenvalue weighted by Crippen LogP contribution is -2.34. The van der Waals surface area contributed by atoms with Gasteiger partial charge in [-0.25, -0.2) is 8.42 Å². The summed E-state index contributed by atoms with van der Waals surface area (Å²) in [6.07, 6.45) is 0. The molecule has 7 nitrogen and oxygen atoms in total. The fourth-order valence-corrected chi connectivity index (χ4v) is 4.36. The van der Waals surface area contributed by atoms with Gasteiger partial charge < -0.3 is 10.1 Å². The Morgan fingerprint density at radius 1 is 1.03 bits per heavy atom. The first kappa shape index (κ1) is 22.8. The van der Waals surface area contributed by atoms with Crippen molar-refractivity contribution >= 4 is 38.9 Å². The summed E-state index contributed by atoms with van der Waals surface area (Å²) in [5.41, 5.74) is 0.936. The average molecular weight is 436 g/mol. The highest BCUT2D eigenvalue weighted by Crippen LogP contribution is 2.19. The first-order valence-electron chi connectivity index (χ1n) is 9.27. The maximum Gasteiger partial charge on any atom is 0.261 e. The van der Waals surface area contributed by atoms with E-state index in [4.69, 9.17) is 17.0 Å². The SMILES string of the molecule is CCOc1ccccc1C(=O)NC(=S)Nc1ccc(S(=O)(=O)N(CC)CC)cc1. The van der Waals surface area contributed by atoms with Crippen molar-refractivity contribution in [1.29, 1.82) is 0 Å². The van der Waals surface area contributed by atoms with Gasteiger partial charge in [0.05, 0.1) is 17.1 Å². The summed E-state index contributed by atoms with van der Waals surface area (Å²) >= 11 is 5.20. The van der Waals surface area contributed by atoms with E-state index >= 15 is 0 Å². The fraction of sp³-hybridized carbons (Fsp3) is 0.300. The first-order valence-corrected chi connectivity index (χ1v) is 11.1. The number of hydrogen-bond acceptors (Lipinski definition) is 5. The molecule has 0 fully saturated rings. The molecule has 0 heterocycles. The van der Waals surface area contributed by atoms with Crippen molar-refractivity contribution in [3.05, 3.63) is 54.1 Å². The number of nitrogens with zero attached hydrogens (tertiary/aromatic N) is 1. The molecule has 0 saturated heterocycles. The molecule has 0 saturated carbocycles. The normalized spacial score (nSPS) is 11.2. The Kier molecular flexibility index (Phi) is 8.12. The van der Waals surface area contributed by atoms with Crippen LogP contribution in [-0.4, -0.2) is 43.4 Å². The molecule has 0 unspecified atom stereocenters. The minimum absolute atomic E-state index is 0.0978. The van der Waals surface area contributed by atoms with Crippen LogP contribution in [0.1, 0.15) is 31.1 Å². The van der Waals surface area contributed by atoms with E-state index in [1.807, 2.05) is 6.92 Å². The number of carbonyl (C=O) groups is 1. The third-order valence-corrected chi connectivity index (χ3v) is 6.38. The van der Waals surface area contributed by atoms with E-state index in [0.29, 0.717) is 36.7 Å². The lowest BCUT2D eigenvalue weighted by Gasteiger charge is -2.18. The number of ether oxygens (including phenoxy) is 1. The Morgan fingerprint density at radius 3 is 2.24 bits per heavy atom. The number of hydrogen-bond donors (Lipinski definition) is 2. The number of nitrogens with one attached hydrogen (secondary N) is 2. The highest BCUT2D eigenvalue weighted by molar-refractivity contribution is 7.89. The molecule has 156 valence electrons. The molecule has 0 aliphatic rings. The second kappa shape index (κ2) is 10.3. The van der Waals surface area contributed by atoms with Gasteiger partial charge in [0.2, 0.25) is 10.0 Å². The Labute approximate surface area is 177 Å². The predicted molar refractivity (Wildman–Crippen MR) is 118 cm³/mol. The molecule has 0 bridgehead atoms. The van der Waals surface area contributed by atoms with Gasteiger partial charge in [-0.05, 0) is 55.5 Å². The van der Waals surface area contributed by atoms with Crippen molar-refractivity contribution in [1.82, 2.24) is 9.62 Å². The number of thiocarbonyl (C=S) groups is 1. The molecule has 2 N–H and O–H groups in total. The van der Waals surface area contributed by atoms with Crippen molar-refractivity contribution in [3.63, 3.8) is 0 Å². The number of sulfonamides is 1. The zero-order chi connectivity index (χ0) is 21.4. The average Bonchev–Trinajstić information content (AvgIpc) is 2.69. The van der Waals surface area contributed by atoms with Crippen LogP contribution in [0, 0.1) is 0 Å². The standard InChI is InChI=1S/C20H25N3O4S2/c1-4-23(5-2)29(25,26)16-13-11-15(12-14-16)21-20(28)22-19(24)17-9-7-8-10-18(17)27-6-3/h7-14H,4-6H2,1-3H3,(H2,21,22,24,28). The molecular weight excluding hydrogens is 410 g/mol. The van der Waals surface area contributed by atoms with Crippen LogP contribution in [-0.2, 0) is 10.0 Å². The lowest BCUT2D eigenvalue weighted by molar-refractivity contribution is 0.0974. The van der Waals surface area contributed by atoms with Crippen molar-refractivity contribution in [3.8, 4) is 5.75 Å². The van der Waals surface area contributed by atoms with Crippen LogP contribution >= 0.6 is 12.2 Å². The monoisotopic (exact) mass is 435 g/mol.